The Balaban J connectivity index is 2.50. The summed E-state index contributed by atoms with van der Waals surface area (Å²) in [5, 5.41) is 0. The summed E-state index contributed by atoms with van der Waals surface area (Å²) in [6, 6.07) is 8.32. The average molecular weight is 337 g/mol. The Bertz CT molecular complexity index is 842. The van der Waals surface area contributed by atoms with Crippen LogP contribution in [0.1, 0.15) is 21.5 Å². The third-order valence-electron chi connectivity index (χ3n) is 3.36. The molecule has 1 N–H and O–H groups in total. The molecule has 2 aromatic carbocycles. The minimum atomic E-state index is -4.19. The van der Waals surface area contributed by atoms with Crippen LogP contribution in [0.25, 0.3) is 0 Å². The first kappa shape index (κ1) is 17.0. The Labute approximate surface area is 134 Å². The lowest BCUT2D eigenvalue weighted by Crippen LogP contribution is -2.17. The highest BCUT2D eigenvalue weighted by Gasteiger charge is 2.22. The molecule has 0 radical (unpaired) electrons. The molecule has 0 aliphatic carbocycles. The third kappa shape index (κ3) is 3.50. The number of para-hydroxylation sites is 1. The zero-order valence-electron chi connectivity index (χ0n) is 12.9. The molecule has 0 spiro atoms. The van der Waals surface area contributed by atoms with Crippen LogP contribution in [0.2, 0.25) is 0 Å². The number of methoxy groups -OCH3 is 1. The second kappa shape index (κ2) is 6.37. The number of carbonyl (C=O) groups excluding carboxylic acids is 1. The fourth-order valence-corrected chi connectivity index (χ4v) is 3.43. The number of anilines is 1. The van der Waals surface area contributed by atoms with Crippen LogP contribution in [0.4, 0.5) is 10.1 Å². The van der Waals surface area contributed by atoms with Crippen molar-refractivity contribution in [3.8, 4) is 0 Å². The highest BCUT2D eigenvalue weighted by atomic mass is 32.2. The topological polar surface area (TPSA) is 72.5 Å². The monoisotopic (exact) mass is 337 g/mol. The van der Waals surface area contributed by atoms with E-state index in [0.29, 0.717) is 16.8 Å². The molecule has 0 bridgehead atoms. The standard InChI is InChI=1S/C16H16FNO4S/c1-10-5-4-6-11(2)15(10)18-23(20,21)14-9-12(16(19)22-3)7-8-13(14)17/h4-9,18H,1-3H3. The van der Waals surface area contributed by atoms with Crippen LogP contribution in [0.3, 0.4) is 0 Å². The van der Waals surface area contributed by atoms with E-state index in [9.17, 15) is 17.6 Å². The fraction of sp³-hybridized carbons (Fsp3) is 0.188. The van der Waals surface area contributed by atoms with Gasteiger partial charge in [0.15, 0.2) is 0 Å². The van der Waals surface area contributed by atoms with E-state index in [0.717, 1.165) is 19.2 Å². The van der Waals surface area contributed by atoms with Crippen LogP contribution in [-0.2, 0) is 14.8 Å². The summed E-state index contributed by atoms with van der Waals surface area (Å²) in [6.07, 6.45) is 0. The lowest BCUT2D eigenvalue weighted by atomic mass is 10.1. The number of nitrogens with one attached hydrogen (secondary N) is 1. The maximum absolute atomic E-state index is 14.0. The van der Waals surface area contributed by atoms with Gasteiger partial charge in [-0.25, -0.2) is 17.6 Å². The van der Waals surface area contributed by atoms with E-state index in [1.807, 2.05) is 0 Å². The molecule has 0 amide bonds. The molecule has 0 atom stereocenters. The van der Waals surface area contributed by atoms with Gasteiger partial charge in [0.25, 0.3) is 10.0 Å². The first-order chi connectivity index (χ1) is 10.8. The molecule has 2 aromatic rings. The summed E-state index contributed by atoms with van der Waals surface area (Å²) in [6.45, 7) is 3.48. The van der Waals surface area contributed by atoms with E-state index < -0.39 is 26.7 Å². The maximum Gasteiger partial charge on any atom is 0.337 e. The van der Waals surface area contributed by atoms with Crippen LogP contribution in [0.15, 0.2) is 41.3 Å². The maximum atomic E-state index is 14.0. The average Bonchev–Trinajstić information content (AvgIpc) is 2.50. The minimum Gasteiger partial charge on any atom is -0.465 e. The fourth-order valence-electron chi connectivity index (χ4n) is 2.12. The van der Waals surface area contributed by atoms with Crippen molar-refractivity contribution in [2.75, 3.05) is 11.8 Å². The van der Waals surface area contributed by atoms with Crippen LogP contribution in [-0.4, -0.2) is 21.5 Å². The van der Waals surface area contributed by atoms with E-state index >= 15 is 0 Å². The molecule has 23 heavy (non-hydrogen) atoms. The van der Waals surface area contributed by atoms with Crippen LogP contribution < -0.4 is 4.72 Å². The molecule has 0 aromatic heterocycles. The van der Waals surface area contributed by atoms with E-state index in [2.05, 4.69) is 9.46 Å². The highest BCUT2D eigenvalue weighted by molar-refractivity contribution is 7.92. The molecule has 5 nitrogen and oxygen atoms in total. The van der Waals surface area contributed by atoms with E-state index in [-0.39, 0.29) is 5.56 Å². The number of carbonyl (C=O) groups is 1. The smallest absolute Gasteiger partial charge is 0.337 e. The molecule has 0 heterocycles. The van der Waals surface area contributed by atoms with Gasteiger partial charge in [-0.05, 0) is 43.2 Å². The van der Waals surface area contributed by atoms with Crippen LogP contribution >= 0.6 is 0 Å². The van der Waals surface area contributed by atoms with Crippen molar-refractivity contribution in [2.45, 2.75) is 18.7 Å². The molecule has 2 rings (SSSR count). The van der Waals surface area contributed by atoms with Gasteiger partial charge in [0.1, 0.15) is 10.7 Å². The zero-order valence-corrected chi connectivity index (χ0v) is 13.7. The Hall–Kier alpha value is -2.41. The Morgan fingerprint density at radius 3 is 2.30 bits per heavy atom. The number of ether oxygens (including phenoxy) is 1. The first-order valence-corrected chi connectivity index (χ1v) is 8.21. The number of benzene rings is 2. The summed E-state index contributed by atoms with van der Waals surface area (Å²) >= 11 is 0. The van der Waals surface area contributed by atoms with Crippen molar-refractivity contribution in [1.82, 2.24) is 0 Å². The third-order valence-corrected chi connectivity index (χ3v) is 4.72. The highest BCUT2D eigenvalue weighted by Crippen LogP contribution is 2.25. The Kier molecular flexibility index (Phi) is 4.70. The number of rotatable bonds is 4. The first-order valence-electron chi connectivity index (χ1n) is 6.73. The van der Waals surface area contributed by atoms with Gasteiger partial charge in [0, 0.05) is 0 Å². The van der Waals surface area contributed by atoms with Crippen molar-refractivity contribution >= 4 is 21.7 Å². The molecule has 0 aliphatic rings. The molecule has 122 valence electrons. The lowest BCUT2D eigenvalue weighted by molar-refractivity contribution is 0.0600. The van der Waals surface area contributed by atoms with Crippen molar-refractivity contribution in [3.63, 3.8) is 0 Å². The van der Waals surface area contributed by atoms with Crippen molar-refractivity contribution < 1.29 is 22.3 Å². The Morgan fingerprint density at radius 1 is 1.13 bits per heavy atom. The quantitative estimate of drug-likeness (QED) is 0.871. The van der Waals surface area contributed by atoms with E-state index in [4.69, 9.17) is 0 Å². The Morgan fingerprint density at radius 2 is 1.74 bits per heavy atom. The number of hydrogen-bond donors (Lipinski definition) is 1. The summed E-state index contributed by atoms with van der Waals surface area (Å²) in [4.78, 5) is 10.9. The summed E-state index contributed by atoms with van der Waals surface area (Å²) in [7, 11) is -3.02. The SMILES string of the molecule is COC(=O)c1ccc(F)c(S(=O)(=O)Nc2c(C)cccc2C)c1. The number of halogens is 1. The predicted octanol–water partition coefficient (Wildman–Crippen LogP) is 3.03. The van der Waals surface area contributed by atoms with Gasteiger partial charge in [0.05, 0.1) is 18.4 Å². The predicted molar refractivity (Wildman–Crippen MR) is 84.5 cm³/mol. The molecule has 0 aliphatic heterocycles. The molecular weight excluding hydrogens is 321 g/mol. The summed E-state index contributed by atoms with van der Waals surface area (Å²) < 4.78 is 45.8. The van der Waals surface area contributed by atoms with Crippen LogP contribution in [0, 0.1) is 19.7 Å². The van der Waals surface area contributed by atoms with Crippen LogP contribution in [0.5, 0.6) is 0 Å². The van der Waals surface area contributed by atoms with Gasteiger partial charge in [0.2, 0.25) is 0 Å². The number of sulfonamides is 1. The van der Waals surface area contributed by atoms with E-state index in [1.54, 1.807) is 32.0 Å². The lowest BCUT2D eigenvalue weighted by Gasteiger charge is -2.14. The number of aryl methyl sites for hydroxylation is 2. The molecular formula is C16H16FNO4S. The molecule has 0 saturated carbocycles. The molecule has 0 saturated heterocycles. The second-order valence-corrected chi connectivity index (χ2v) is 6.66. The van der Waals surface area contributed by atoms with Crippen molar-refractivity contribution in [2.24, 2.45) is 0 Å². The zero-order chi connectivity index (χ0) is 17.2. The summed E-state index contributed by atoms with van der Waals surface area (Å²) in [5.41, 5.74) is 1.75. The number of esters is 1. The van der Waals surface area contributed by atoms with Gasteiger partial charge in [-0.3, -0.25) is 4.72 Å². The minimum absolute atomic E-state index is 0.0456. The van der Waals surface area contributed by atoms with Gasteiger partial charge in [-0.15, -0.1) is 0 Å². The van der Waals surface area contributed by atoms with Gasteiger partial charge in [-0.2, -0.15) is 0 Å². The molecule has 0 unspecified atom stereocenters. The summed E-state index contributed by atoms with van der Waals surface area (Å²) in [5.74, 6) is -1.69. The largest absolute Gasteiger partial charge is 0.465 e. The van der Waals surface area contributed by atoms with Gasteiger partial charge < -0.3 is 4.74 Å². The van der Waals surface area contributed by atoms with E-state index in [1.165, 1.54) is 6.07 Å². The van der Waals surface area contributed by atoms with Gasteiger partial charge in [-0.1, -0.05) is 18.2 Å². The normalized spacial score (nSPS) is 11.1. The second-order valence-electron chi connectivity index (χ2n) is 5.01. The van der Waals surface area contributed by atoms with Gasteiger partial charge >= 0.3 is 5.97 Å². The molecule has 0 fully saturated rings. The molecule has 7 heteroatoms. The van der Waals surface area contributed by atoms with Crippen molar-refractivity contribution in [3.05, 3.63) is 58.9 Å². The van der Waals surface area contributed by atoms with Crippen molar-refractivity contribution in [1.29, 1.82) is 0 Å². The number of hydrogen-bond acceptors (Lipinski definition) is 4.